The van der Waals surface area contributed by atoms with Crippen molar-refractivity contribution in [2.75, 3.05) is 39.3 Å². The summed E-state index contributed by atoms with van der Waals surface area (Å²) < 4.78 is 0. The van der Waals surface area contributed by atoms with Crippen LogP contribution >= 0.6 is 0 Å². The molecule has 1 rings (SSSR count). The Labute approximate surface area is 610 Å². The molecule has 34 N–H and O–H groups in total. The number of primary amides is 2. The number of hydrogen-bond acceptors (Lipinski definition) is 23. The highest BCUT2D eigenvalue weighted by Crippen LogP contribution is 2.13. The summed E-state index contributed by atoms with van der Waals surface area (Å²) in [6.07, 6.45) is -3.56. The number of benzene rings is 1. The minimum atomic E-state index is -2.15. The molecular formula is C63H107N23O20. The first kappa shape index (κ1) is 93.1. The predicted octanol–water partition coefficient (Wildman–Crippen LogP) is -10.9. The molecule has 1 aromatic rings. The molecule has 0 aliphatic heterocycles. The molecule has 0 fully saturated rings. The van der Waals surface area contributed by atoms with Crippen molar-refractivity contribution in [2.45, 2.75) is 203 Å². The van der Waals surface area contributed by atoms with Crippen molar-refractivity contribution in [2.24, 2.45) is 67.5 Å². The zero-order valence-electron chi connectivity index (χ0n) is 59.7. The number of carboxylic acids is 2. The van der Waals surface area contributed by atoms with Crippen LogP contribution in [-0.4, -0.2) is 245 Å². The van der Waals surface area contributed by atoms with E-state index in [1.165, 1.54) is 6.92 Å². The summed E-state index contributed by atoms with van der Waals surface area (Å²) in [6, 6.07) is -12.0. The monoisotopic (exact) mass is 1510 g/mol. The Morgan fingerprint density at radius 2 is 0.849 bits per heavy atom. The number of rotatable bonds is 53. The van der Waals surface area contributed by atoms with Crippen LogP contribution in [-0.2, 0) is 83.1 Å². The minimum Gasteiger partial charge on any atom is -0.481 e. The number of aliphatic hydroxyl groups is 2. The fourth-order valence-electron chi connectivity index (χ4n) is 9.84. The summed E-state index contributed by atoms with van der Waals surface area (Å²) in [6.45, 7) is 3.88. The van der Waals surface area contributed by atoms with Gasteiger partial charge in [0.1, 0.15) is 66.5 Å². The van der Waals surface area contributed by atoms with E-state index in [4.69, 9.17) is 51.6 Å². The Morgan fingerprint density at radius 1 is 0.443 bits per heavy atom. The summed E-state index contributed by atoms with van der Waals surface area (Å²) in [7, 11) is 0. The summed E-state index contributed by atoms with van der Waals surface area (Å²) in [5, 5.41) is 68.9. The number of carboxylic acid groups (broad SMARTS) is 2. The fourth-order valence-corrected chi connectivity index (χ4v) is 9.84. The number of nitrogens with two attached hydrogens (primary N) is 9. The smallest absolute Gasteiger partial charge is 0.326 e. The van der Waals surface area contributed by atoms with Crippen molar-refractivity contribution in [1.82, 2.24) is 63.8 Å². The lowest BCUT2D eigenvalue weighted by Gasteiger charge is -2.30. The van der Waals surface area contributed by atoms with Gasteiger partial charge >= 0.3 is 11.9 Å². The normalized spacial score (nSPS) is 14.9. The first-order valence-electron chi connectivity index (χ1n) is 34.1. The van der Waals surface area contributed by atoms with E-state index < -0.39 is 224 Å². The van der Waals surface area contributed by atoms with E-state index in [2.05, 4.69) is 73.8 Å². The van der Waals surface area contributed by atoms with Crippen LogP contribution < -0.4 is 115 Å². The SMILES string of the molecule is CC[C@H](C)[C@H](NC(=O)[C@@H](NC(=O)[C@H](Cc1ccccc1)NC(=O)[C@H](CCCN=C(N)N)NC(=O)CNC(=O)[C@@H](N)CCCCN)[C@@H](C)O)C(=O)N[C@@H](CO)C(=O)N[C@@H](CCCN=C(N)N)C(=O)N[C@@H](CC(=O)O)C(=O)N[C@@H](CC(N)=O)C(=O)N[C@@H](C)C(=O)N[C@@H](CCCCN)C(=O)N[C@@H](CC(N)=O)C(=O)O. The summed E-state index contributed by atoms with van der Waals surface area (Å²) in [4.78, 5) is 221. The van der Waals surface area contributed by atoms with Crippen LogP contribution in [0, 0.1) is 5.92 Å². The number of amides is 14. The van der Waals surface area contributed by atoms with Crippen LogP contribution in [0.3, 0.4) is 0 Å². The molecule has 0 aliphatic rings. The Kier molecular flexibility index (Phi) is 43.6. The van der Waals surface area contributed by atoms with Crippen molar-refractivity contribution < 1.29 is 97.1 Å². The molecule has 0 saturated carbocycles. The number of nitrogens with one attached hydrogen (secondary N) is 12. The lowest BCUT2D eigenvalue weighted by molar-refractivity contribution is -0.144. The average Bonchev–Trinajstić information content (AvgIpc) is 0.869. The molecule has 0 unspecified atom stereocenters. The quantitative estimate of drug-likeness (QED) is 0.0164. The number of aliphatic hydroxyl groups excluding tert-OH is 2. The lowest BCUT2D eigenvalue weighted by Crippen LogP contribution is -2.63. The molecule has 0 aromatic heterocycles. The molecule has 43 nitrogen and oxygen atoms in total. The number of carbonyl (C=O) groups is 16. The highest BCUT2D eigenvalue weighted by Gasteiger charge is 2.39. The molecule has 594 valence electrons. The van der Waals surface area contributed by atoms with E-state index >= 15 is 0 Å². The van der Waals surface area contributed by atoms with Gasteiger partial charge in [-0.3, -0.25) is 81.9 Å². The van der Waals surface area contributed by atoms with Crippen molar-refractivity contribution in [1.29, 1.82) is 0 Å². The van der Waals surface area contributed by atoms with Crippen molar-refractivity contribution >= 4 is 107 Å². The molecule has 0 aliphatic carbocycles. The number of guanidine groups is 2. The van der Waals surface area contributed by atoms with Gasteiger partial charge in [-0.1, -0.05) is 57.0 Å². The first-order chi connectivity index (χ1) is 49.9. The van der Waals surface area contributed by atoms with Crippen LogP contribution in [0.15, 0.2) is 40.3 Å². The predicted molar refractivity (Wildman–Crippen MR) is 379 cm³/mol. The van der Waals surface area contributed by atoms with E-state index in [0.717, 1.165) is 13.8 Å². The average molecular weight is 1510 g/mol. The van der Waals surface area contributed by atoms with Crippen molar-refractivity contribution in [3.63, 3.8) is 0 Å². The summed E-state index contributed by atoms with van der Waals surface area (Å²) in [5.41, 5.74) is 49.9. The maximum Gasteiger partial charge on any atom is 0.326 e. The summed E-state index contributed by atoms with van der Waals surface area (Å²) in [5.74, 6) is -20.4. The molecule has 43 heteroatoms. The van der Waals surface area contributed by atoms with Gasteiger partial charge in [0.25, 0.3) is 0 Å². The molecule has 14 amide bonds. The fraction of sp³-hybridized carbons (Fsp3) is 0.619. The highest BCUT2D eigenvalue weighted by atomic mass is 16.4. The largest absolute Gasteiger partial charge is 0.481 e. The summed E-state index contributed by atoms with van der Waals surface area (Å²) >= 11 is 0. The molecular weight excluding hydrogens is 1400 g/mol. The molecule has 0 heterocycles. The molecule has 0 bridgehead atoms. The third kappa shape index (κ3) is 37.0. The second-order valence-corrected chi connectivity index (χ2v) is 24.8. The van der Waals surface area contributed by atoms with Gasteiger partial charge in [0, 0.05) is 19.5 Å². The molecule has 0 radical (unpaired) electrons. The second kappa shape index (κ2) is 49.7. The van der Waals surface area contributed by atoms with E-state index in [9.17, 15) is 97.1 Å². The van der Waals surface area contributed by atoms with E-state index in [1.54, 1.807) is 37.3 Å². The Bertz CT molecular complexity index is 3190. The van der Waals surface area contributed by atoms with Crippen LogP contribution in [0.25, 0.3) is 0 Å². The molecule has 106 heavy (non-hydrogen) atoms. The van der Waals surface area contributed by atoms with Crippen LogP contribution in [0.5, 0.6) is 0 Å². The van der Waals surface area contributed by atoms with Gasteiger partial charge in [0.05, 0.1) is 44.6 Å². The van der Waals surface area contributed by atoms with E-state index in [0.29, 0.717) is 31.4 Å². The van der Waals surface area contributed by atoms with Gasteiger partial charge in [-0.2, -0.15) is 0 Å². The van der Waals surface area contributed by atoms with Gasteiger partial charge in [0.15, 0.2) is 11.9 Å². The number of aliphatic carboxylic acids is 2. The zero-order chi connectivity index (χ0) is 80.3. The minimum absolute atomic E-state index is 0.00806. The lowest BCUT2D eigenvalue weighted by atomic mass is 9.97. The van der Waals surface area contributed by atoms with Gasteiger partial charge in [0.2, 0.25) is 82.7 Å². The van der Waals surface area contributed by atoms with Crippen LogP contribution in [0.1, 0.15) is 123 Å². The molecule has 1 aromatic carbocycles. The zero-order valence-corrected chi connectivity index (χ0v) is 59.7. The number of unbranched alkanes of at least 4 members (excludes halogenated alkanes) is 2. The number of aliphatic imine (C=N–C) groups is 2. The van der Waals surface area contributed by atoms with E-state index in [-0.39, 0.29) is 77.0 Å². The highest BCUT2D eigenvalue weighted by molar-refractivity contribution is 6.01. The Morgan fingerprint density at radius 3 is 1.33 bits per heavy atom. The van der Waals surface area contributed by atoms with Crippen molar-refractivity contribution in [3.05, 3.63) is 35.9 Å². The first-order valence-corrected chi connectivity index (χ1v) is 34.1. The maximum absolute atomic E-state index is 14.4. The number of nitrogens with zero attached hydrogens (tertiary/aromatic N) is 2. The second-order valence-electron chi connectivity index (χ2n) is 24.8. The Hall–Kier alpha value is -10.9. The molecule has 0 spiro atoms. The van der Waals surface area contributed by atoms with Gasteiger partial charge in [-0.15, -0.1) is 0 Å². The molecule has 14 atom stereocenters. The van der Waals surface area contributed by atoms with E-state index in [1.807, 2.05) is 0 Å². The van der Waals surface area contributed by atoms with Gasteiger partial charge < -0.3 is 136 Å². The van der Waals surface area contributed by atoms with Crippen LogP contribution in [0.4, 0.5) is 0 Å². The topological polar surface area (TPSA) is 757 Å². The number of carbonyl (C=O) groups excluding carboxylic acids is 14. The van der Waals surface area contributed by atoms with Crippen LogP contribution in [0.2, 0.25) is 0 Å². The van der Waals surface area contributed by atoms with Gasteiger partial charge in [-0.25, -0.2) is 4.79 Å². The van der Waals surface area contributed by atoms with Gasteiger partial charge in [-0.05, 0) is 96.2 Å². The molecule has 0 saturated heterocycles. The number of hydrogen-bond donors (Lipinski definition) is 25. The van der Waals surface area contributed by atoms with Crippen molar-refractivity contribution in [3.8, 4) is 0 Å². The third-order valence-electron chi connectivity index (χ3n) is 15.9. The Balaban J connectivity index is 3.59. The third-order valence-corrected chi connectivity index (χ3v) is 15.9. The standard InChI is InChI=1S/C63H107N23O20/c1-5-31(2)48(85-60(104)49(33(4)88)86-57(101)39(25-34-15-7-6-8-16-34)80-52(96)36(19-13-23-73-62(69)70)77-46(91)29-75-51(95)35(66)17-9-11-21-64)59(103)84-43(30-87)58(102)79-38(20-14-24-74-63(71)72)53(97)82-41(28-47(92)93)56(100)81-40(26-44(67)89)55(99)76-32(3)50(94)78-37(18-10-12-22-65)54(98)83-42(61(105)106)27-45(68)90/h6-8,15-16,31-33,35-43,48-49,87-88H,5,9-14,17-30,64-66H2,1-4H3,(H2,67,89)(H2,68,90)(H,75,95)(H,76,99)(H,77,91)(H,78,94)(H,79,102)(H,80,96)(H,81,100)(H,82,97)(H,83,98)(H,84,103)(H,85,104)(H,86,101)(H,92,93)(H,105,106)(H4,69,70,73)(H4,71,72,74)/t31-,32-,33+,35-,36-,37-,38-,39-,40-,41-,42-,43-,48-,49-/m0/s1. The maximum atomic E-state index is 14.4.